The van der Waals surface area contributed by atoms with Crippen LogP contribution in [0.4, 0.5) is 10.1 Å². The van der Waals surface area contributed by atoms with Gasteiger partial charge in [-0.05, 0) is 42.3 Å². The van der Waals surface area contributed by atoms with Crippen molar-refractivity contribution in [2.75, 3.05) is 12.8 Å². The van der Waals surface area contributed by atoms with E-state index in [4.69, 9.17) is 10.5 Å². The van der Waals surface area contributed by atoms with Crippen molar-refractivity contribution in [1.82, 2.24) is 5.32 Å². The summed E-state index contributed by atoms with van der Waals surface area (Å²) >= 11 is 0. The highest BCUT2D eigenvalue weighted by molar-refractivity contribution is 6.01. The highest BCUT2D eigenvalue weighted by Gasteiger charge is 2.18. The van der Waals surface area contributed by atoms with Crippen molar-refractivity contribution in [3.8, 4) is 5.75 Å². The molecule has 2 aromatic carbocycles. The summed E-state index contributed by atoms with van der Waals surface area (Å²) in [6.45, 7) is 2.43. The molecule has 1 atom stereocenters. The summed E-state index contributed by atoms with van der Waals surface area (Å²) in [5, 5.41) is 3.21. The Kier molecular flexibility index (Phi) is 5.71. The number of Topliss-reactive ketones (excluding diaryl/α,β-unsaturated/α-hetero) is 1. The molecule has 0 radical (unpaired) electrons. The zero-order valence-corrected chi connectivity index (χ0v) is 13.3. The number of ketones is 1. The van der Waals surface area contributed by atoms with Gasteiger partial charge in [-0.25, -0.2) is 4.39 Å². The summed E-state index contributed by atoms with van der Waals surface area (Å²) < 4.78 is 18.0. The molecule has 1 unspecified atom stereocenters. The number of nitrogens with one attached hydrogen (secondary N) is 1. The van der Waals surface area contributed by atoms with Gasteiger partial charge in [-0.3, -0.25) is 4.79 Å². The van der Waals surface area contributed by atoms with E-state index in [1.165, 1.54) is 19.2 Å². The molecule has 2 rings (SSSR count). The van der Waals surface area contributed by atoms with Crippen LogP contribution in [-0.2, 0) is 6.54 Å². The van der Waals surface area contributed by atoms with Crippen LogP contribution in [0, 0.1) is 5.82 Å². The molecule has 0 bridgehead atoms. The van der Waals surface area contributed by atoms with Crippen molar-refractivity contribution in [1.29, 1.82) is 0 Å². The SMILES string of the molecule is CCC(NCc1ccc(F)cc1)C(=O)c1ccc(OC)c(N)c1. The van der Waals surface area contributed by atoms with Gasteiger partial charge in [0, 0.05) is 12.1 Å². The van der Waals surface area contributed by atoms with Crippen LogP contribution in [0.2, 0.25) is 0 Å². The normalized spacial score (nSPS) is 12.0. The maximum absolute atomic E-state index is 12.9. The monoisotopic (exact) mass is 316 g/mol. The largest absolute Gasteiger partial charge is 0.495 e. The fourth-order valence-electron chi connectivity index (χ4n) is 2.35. The summed E-state index contributed by atoms with van der Waals surface area (Å²) in [5.41, 5.74) is 7.76. The standard InChI is InChI=1S/C18H21FN2O2/c1-3-16(21-11-12-4-7-14(19)8-5-12)18(22)13-6-9-17(23-2)15(20)10-13/h4-10,16,21H,3,11,20H2,1-2H3. The van der Waals surface area contributed by atoms with Gasteiger partial charge in [0.05, 0.1) is 18.8 Å². The highest BCUT2D eigenvalue weighted by atomic mass is 19.1. The zero-order valence-electron chi connectivity index (χ0n) is 13.3. The summed E-state index contributed by atoms with van der Waals surface area (Å²) in [4.78, 5) is 12.6. The Bertz CT molecular complexity index is 671. The molecule has 4 nitrogen and oxygen atoms in total. The number of halogens is 1. The number of carbonyl (C=O) groups excluding carboxylic acids is 1. The predicted molar refractivity (Wildman–Crippen MR) is 89.1 cm³/mol. The summed E-state index contributed by atoms with van der Waals surface area (Å²) in [6, 6.07) is 10.9. The number of rotatable bonds is 7. The lowest BCUT2D eigenvalue weighted by molar-refractivity contribution is 0.0939. The van der Waals surface area contributed by atoms with E-state index in [0.29, 0.717) is 30.0 Å². The highest BCUT2D eigenvalue weighted by Crippen LogP contribution is 2.23. The molecule has 0 amide bonds. The van der Waals surface area contributed by atoms with E-state index >= 15 is 0 Å². The number of nitrogens with two attached hydrogens (primary N) is 1. The van der Waals surface area contributed by atoms with Gasteiger partial charge in [-0.15, -0.1) is 0 Å². The van der Waals surface area contributed by atoms with Gasteiger partial charge in [0.15, 0.2) is 5.78 Å². The molecular weight excluding hydrogens is 295 g/mol. The molecule has 0 fully saturated rings. The zero-order chi connectivity index (χ0) is 16.8. The third-order valence-electron chi connectivity index (χ3n) is 3.70. The molecule has 2 aromatic rings. The molecule has 0 aliphatic heterocycles. The number of benzene rings is 2. The first kappa shape index (κ1) is 17.0. The van der Waals surface area contributed by atoms with E-state index in [9.17, 15) is 9.18 Å². The van der Waals surface area contributed by atoms with Gasteiger partial charge < -0.3 is 15.8 Å². The minimum atomic E-state index is -0.326. The van der Waals surface area contributed by atoms with Crippen LogP contribution in [0.3, 0.4) is 0 Å². The van der Waals surface area contributed by atoms with E-state index < -0.39 is 0 Å². The summed E-state index contributed by atoms with van der Waals surface area (Å²) in [5.74, 6) is 0.253. The Morgan fingerprint density at radius 1 is 1.26 bits per heavy atom. The van der Waals surface area contributed by atoms with Crippen LogP contribution in [0.25, 0.3) is 0 Å². The van der Waals surface area contributed by atoms with Gasteiger partial charge >= 0.3 is 0 Å². The minimum absolute atomic E-state index is 0.0241. The molecule has 0 aromatic heterocycles. The van der Waals surface area contributed by atoms with Crippen LogP contribution in [0.15, 0.2) is 42.5 Å². The molecule has 0 aliphatic rings. The molecule has 0 heterocycles. The fourth-order valence-corrected chi connectivity index (χ4v) is 2.35. The number of hydrogen-bond acceptors (Lipinski definition) is 4. The second kappa shape index (κ2) is 7.74. The molecule has 0 saturated carbocycles. The quantitative estimate of drug-likeness (QED) is 0.608. The predicted octanol–water partition coefficient (Wildman–Crippen LogP) is 3.17. The first-order valence-corrected chi connectivity index (χ1v) is 7.50. The van der Waals surface area contributed by atoms with Crippen LogP contribution in [-0.4, -0.2) is 18.9 Å². The Morgan fingerprint density at radius 2 is 1.96 bits per heavy atom. The third kappa shape index (κ3) is 4.29. The third-order valence-corrected chi connectivity index (χ3v) is 3.70. The molecule has 23 heavy (non-hydrogen) atoms. The summed E-state index contributed by atoms with van der Waals surface area (Å²) in [7, 11) is 1.53. The second-order valence-corrected chi connectivity index (χ2v) is 5.29. The Balaban J connectivity index is 2.06. The molecule has 3 N–H and O–H groups in total. The van der Waals surface area contributed by atoms with Gasteiger partial charge in [0.1, 0.15) is 11.6 Å². The smallest absolute Gasteiger partial charge is 0.179 e. The maximum Gasteiger partial charge on any atom is 0.179 e. The molecule has 0 spiro atoms. The van der Waals surface area contributed by atoms with Crippen LogP contribution in [0.1, 0.15) is 29.3 Å². The van der Waals surface area contributed by atoms with E-state index in [2.05, 4.69) is 5.32 Å². The second-order valence-electron chi connectivity index (χ2n) is 5.29. The number of hydrogen-bond donors (Lipinski definition) is 2. The molecular formula is C18H21FN2O2. The van der Waals surface area contributed by atoms with Crippen molar-refractivity contribution in [3.63, 3.8) is 0 Å². The minimum Gasteiger partial charge on any atom is -0.495 e. The lowest BCUT2D eigenvalue weighted by atomic mass is 10.0. The van der Waals surface area contributed by atoms with Gasteiger partial charge in [0.25, 0.3) is 0 Å². The molecule has 5 heteroatoms. The van der Waals surface area contributed by atoms with Crippen molar-refractivity contribution >= 4 is 11.5 Å². The van der Waals surface area contributed by atoms with Crippen molar-refractivity contribution < 1.29 is 13.9 Å². The molecule has 122 valence electrons. The first-order chi connectivity index (χ1) is 11.0. The van der Waals surface area contributed by atoms with E-state index in [1.54, 1.807) is 30.3 Å². The Hall–Kier alpha value is -2.40. The topological polar surface area (TPSA) is 64.3 Å². The van der Waals surface area contributed by atoms with Crippen LogP contribution < -0.4 is 15.8 Å². The van der Waals surface area contributed by atoms with Crippen LogP contribution in [0.5, 0.6) is 5.75 Å². The van der Waals surface area contributed by atoms with Crippen molar-refractivity contribution in [2.45, 2.75) is 25.9 Å². The lowest BCUT2D eigenvalue weighted by Crippen LogP contribution is -2.35. The number of ether oxygens (including phenoxy) is 1. The van der Waals surface area contributed by atoms with Gasteiger partial charge in [-0.1, -0.05) is 19.1 Å². The first-order valence-electron chi connectivity index (χ1n) is 7.50. The van der Waals surface area contributed by atoms with Crippen molar-refractivity contribution in [3.05, 3.63) is 59.4 Å². The lowest BCUT2D eigenvalue weighted by Gasteiger charge is -2.17. The Morgan fingerprint density at radius 3 is 2.52 bits per heavy atom. The fraction of sp³-hybridized carbons (Fsp3) is 0.278. The average Bonchev–Trinajstić information content (AvgIpc) is 2.56. The van der Waals surface area contributed by atoms with Crippen LogP contribution >= 0.6 is 0 Å². The van der Waals surface area contributed by atoms with E-state index in [0.717, 1.165) is 5.56 Å². The van der Waals surface area contributed by atoms with E-state index in [1.807, 2.05) is 6.92 Å². The van der Waals surface area contributed by atoms with Gasteiger partial charge in [0.2, 0.25) is 0 Å². The Labute approximate surface area is 135 Å². The average molecular weight is 316 g/mol. The number of nitrogen functional groups attached to an aromatic ring is 1. The number of anilines is 1. The number of methoxy groups -OCH3 is 1. The van der Waals surface area contributed by atoms with Crippen molar-refractivity contribution in [2.24, 2.45) is 0 Å². The number of carbonyl (C=O) groups is 1. The van der Waals surface area contributed by atoms with Gasteiger partial charge in [-0.2, -0.15) is 0 Å². The molecule has 0 saturated heterocycles. The van der Waals surface area contributed by atoms with E-state index in [-0.39, 0.29) is 17.6 Å². The molecule has 0 aliphatic carbocycles. The maximum atomic E-state index is 12.9. The summed E-state index contributed by atoms with van der Waals surface area (Å²) in [6.07, 6.45) is 0.645.